The van der Waals surface area contributed by atoms with Crippen LogP contribution in [0.3, 0.4) is 0 Å². The van der Waals surface area contributed by atoms with Crippen LogP contribution in [0.4, 0.5) is 11.4 Å². The molecular weight excluding hydrogens is 408 g/mol. The van der Waals surface area contributed by atoms with Crippen molar-refractivity contribution in [2.75, 3.05) is 24.1 Å². The van der Waals surface area contributed by atoms with Gasteiger partial charge in [0.1, 0.15) is 11.4 Å². The molecule has 32 heavy (non-hydrogen) atoms. The maximum absolute atomic E-state index is 13.6. The average Bonchev–Trinajstić information content (AvgIpc) is 3.36. The van der Waals surface area contributed by atoms with Crippen LogP contribution in [0.15, 0.2) is 72.4 Å². The Morgan fingerprint density at radius 2 is 1.66 bits per heavy atom. The van der Waals surface area contributed by atoms with Crippen molar-refractivity contribution >= 4 is 28.8 Å². The molecule has 0 aliphatic carbocycles. The zero-order valence-corrected chi connectivity index (χ0v) is 17.5. The number of rotatable bonds is 5. The highest BCUT2D eigenvalue weighted by Gasteiger charge is 2.41. The highest BCUT2D eigenvalue weighted by molar-refractivity contribution is 6.46. The summed E-state index contributed by atoms with van der Waals surface area (Å²) in [4.78, 5) is 28.4. The number of para-hydroxylation sites is 2. The molecule has 1 N–H and O–H groups in total. The minimum Gasteiger partial charge on any atom is -0.496 e. The third kappa shape index (κ3) is 3.15. The van der Waals surface area contributed by atoms with Crippen molar-refractivity contribution in [3.05, 3.63) is 83.6 Å². The molecule has 160 valence electrons. The molecule has 0 radical (unpaired) electrons. The molecule has 0 spiro atoms. The van der Waals surface area contributed by atoms with E-state index in [9.17, 15) is 9.59 Å². The number of hydrogen-bond acceptors (Lipinski definition) is 6. The second-order valence-corrected chi connectivity index (χ2v) is 7.38. The lowest BCUT2D eigenvalue weighted by Crippen LogP contribution is -2.33. The van der Waals surface area contributed by atoms with Gasteiger partial charge in [-0.25, -0.2) is 4.90 Å². The van der Waals surface area contributed by atoms with E-state index >= 15 is 0 Å². The monoisotopic (exact) mass is 428 g/mol. The molecule has 0 fully saturated rings. The van der Waals surface area contributed by atoms with Gasteiger partial charge in [0.05, 0.1) is 18.4 Å². The van der Waals surface area contributed by atoms with Crippen molar-refractivity contribution in [3.63, 3.8) is 0 Å². The van der Waals surface area contributed by atoms with Crippen LogP contribution in [0.2, 0.25) is 0 Å². The van der Waals surface area contributed by atoms with Gasteiger partial charge in [-0.3, -0.25) is 9.59 Å². The Kier molecular flexibility index (Phi) is 4.78. The fourth-order valence-corrected chi connectivity index (χ4v) is 3.90. The summed E-state index contributed by atoms with van der Waals surface area (Å²) in [5.74, 6) is 0.840. The number of benzene rings is 3. The predicted molar refractivity (Wildman–Crippen MR) is 120 cm³/mol. The van der Waals surface area contributed by atoms with Gasteiger partial charge >= 0.3 is 0 Å². The zero-order valence-electron chi connectivity index (χ0n) is 17.5. The molecule has 2 aliphatic rings. The number of methoxy groups -OCH3 is 1. The van der Waals surface area contributed by atoms with E-state index in [4.69, 9.17) is 14.2 Å². The number of anilines is 2. The summed E-state index contributed by atoms with van der Waals surface area (Å²) in [7, 11) is 1.53. The Hall–Kier alpha value is -4.26. The number of amides is 2. The molecule has 0 atom stereocenters. The lowest BCUT2D eigenvalue weighted by molar-refractivity contribution is -0.120. The van der Waals surface area contributed by atoms with Crippen molar-refractivity contribution in [3.8, 4) is 17.2 Å². The molecule has 0 bridgehead atoms. The van der Waals surface area contributed by atoms with E-state index in [-0.39, 0.29) is 18.1 Å². The van der Waals surface area contributed by atoms with Crippen molar-refractivity contribution in [2.24, 2.45) is 0 Å². The van der Waals surface area contributed by atoms with Gasteiger partial charge < -0.3 is 19.5 Å². The number of aryl methyl sites for hydroxylation is 1. The Morgan fingerprint density at radius 1 is 0.906 bits per heavy atom. The normalized spacial score (nSPS) is 14.9. The van der Waals surface area contributed by atoms with Crippen LogP contribution in [0.25, 0.3) is 5.57 Å². The van der Waals surface area contributed by atoms with E-state index in [1.165, 1.54) is 12.0 Å². The van der Waals surface area contributed by atoms with Gasteiger partial charge in [0.15, 0.2) is 11.5 Å². The van der Waals surface area contributed by atoms with E-state index in [0.717, 1.165) is 5.56 Å². The summed E-state index contributed by atoms with van der Waals surface area (Å²) in [6.45, 7) is 2.01. The average molecular weight is 428 g/mol. The molecule has 7 nitrogen and oxygen atoms in total. The molecule has 0 aromatic heterocycles. The van der Waals surface area contributed by atoms with E-state index in [1.807, 2.05) is 25.1 Å². The third-order valence-corrected chi connectivity index (χ3v) is 5.46. The first kappa shape index (κ1) is 19.7. The summed E-state index contributed by atoms with van der Waals surface area (Å²) < 4.78 is 16.3. The fourth-order valence-electron chi connectivity index (χ4n) is 3.90. The van der Waals surface area contributed by atoms with Crippen molar-refractivity contribution in [1.29, 1.82) is 0 Å². The first-order valence-electron chi connectivity index (χ1n) is 10.1. The van der Waals surface area contributed by atoms with Crippen LogP contribution in [0, 0.1) is 6.92 Å². The smallest absolute Gasteiger partial charge is 0.282 e. The van der Waals surface area contributed by atoms with Gasteiger partial charge in [0, 0.05) is 17.3 Å². The van der Waals surface area contributed by atoms with Gasteiger partial charge in [0.2, 0.25) is 6.79 Å². The van der Waals surface area contributed by atoms with E-state index < -0.39 is 11.8 Å². The predicted octanol–water partition coefficient (Wildman–Crippen LogP) is 4.13. The lowest BCUT2D eigenvalue weighted by atomic mass is 10.0. The molecular formula is C25H20N2O5. The van der Waals surface area contributed by atoms with Crippen molar-refractivity contribution in [2.45, 2.75) is 6.92 Å². The maximum atomic E-state index is 13.6. The Labute approximate surface area is 184 Å². The van der Waals surface area contributed by atoms with E-state index in [1.54, 1.807) is 48.5 Å². The standard InChI is InChI=1S/C25H20N2O5/c1-15-7-3-5-9-18(15)27-24(28)22(17-8-4-6-10-19(17)30-2)23(25(27)29)26-16-11-12-20-21(13-16)32-14-31-20/h3-13,26H,14H2,1-2H3. The molecule has 7 heteroatoms. The van der Waals surface area contributed by atoms with E-state index in [0.29, 0.717) is 34.2 Å². The van der Waals surface area contributed by atoms with Gasteiger partial charge in [-0.15, -0.1) is 0 Å². The molecule has 5 rings (SSSR count). The summed E-state index contributed by atoms with van der Waals surface area (Å²) in [5.41, 5.74) is 2.90. The molecule has 2 heterocycles. The molecule has 0 saturated heterocycles. The number of fused-ring (bicyclic) bond motifs is 1. The second kappa shape index (κ2) is 7.77. The van der Waals surface area contributed by atoms with Crippen LogP contribution < -0.4 is 24.4 Å². The quantitative estimate of drug-likeness (QED) is 0.616. The topological polar surface area (TPSA) is 77.1 Å². The van der Waals surface area contributed by atoms with Gasteiger partial charge in [0.25, 0.3) is 11.8 Å². The number of ether oxygens (including phenoxy) is 3. The molecule has 3 aromatic rings. The minimum atomic E-state index is -0.442. The highest BCUT2D eigenvalue weighted by Crippen LogP contribution is 2.40. The SMILES string of the molecule is COc1ccccc1C1=C(Nc2ccc3c(c2)OCO3)C(=O)N(c2ccccc2C)C1=O. The number of imide groups is 1. The molecule has 2 amide bonds. The van der Waals surface area contributed by atoms with Crippen LogP contribution >= 0.6 is 0 Å². The van der Waals surface area contributed by atoms with Gasteiger partial charge in [-0.2, -0.15) is 0 Å². The second-order valence-electron chi connectivity index (χ2n) is 7.38. The minimum absolute atomic E-state index is 0.145. The van der Waals surface area contributed by atoms with Crippen LogP contribution in [0.1, 0.15) is 11.1 Å². The van der Waals surface area contributed by atoms with E-state index in [2.05, 4.69) is 5.32 Å². The van der Waals surface area contributed by atoms with Crippen LogP contribution in [-0.2, 0) is 9.59 Å². The Balaban J connectivity index is 1.64. The molecule has 2 aliphatic heterocycles. The number of hydrogen-bond donors (Lipinski definition) is 1. The van der Waals surface area contributed by atoms with Crippen LogP contribution in [0.5, 0.6) is 17.2 Å². The number of carbonyl (C=O) groups is 2. The first-order valence-corrected chi connectivity index (χ1v) is 10.1. The highest BCUT2D eigenvalue weighted by atomic mass is 16.7. The molecule has 0 unspecified atom stereocenters. The molecule has 3 aromatic carbocycles. The van der Waals surface area contributed by atoms with Gasteiger partial charge in [-0.05, 0) is 36.8 Å². The summed E-state index contributed by atoms with van der Waals surface area (Å²) in [5, 5.41) is 3.15. The summed E-state index contributed by atoms with van der Waals surface area (Å²) in [6.07, 6.45) is 0. The van der Waals surface area contributed by atoms with Crippen molar-refractivity contribution in [1.82, 2.24) is 0 Å². The lowest BCUT2D eigenvalue weighted by Gasteiger charge is -2.18. The van der Waals surface area contributed by atoms with Crippen molar-refractivity contribution < 1.29 is 23.8 Å². The first-order chi connectivity index (χ1) is 15.6. The van der Waals surface area contributed by atoms with Gasteiger partial charge in [-0.1, -0.05) is 36.4 Å². The maximum Gasteiger partial charge on any atom is 0.282 e. The third-order valence-electron chi connectivity index (χ3n) is 5.46. The fraction of sp³-hybridized carbons (Fsp3) is 0.120. The number of nitrogens with one attached hydrogen (secondary N) is 1. The summed E-state index contributed by atoms with van der Waals surface area (Å²) >= 11 is 0. The summed E-state index contributed by atoms with van der Waals surface area (Å²) in [6, 6.07) is 19.7. The zero-order chi connectivity index (χ0) is 22.2. The Bertz CT molecular complexity index is 1280. The molecule has 0 saturated carbocycles. The number of nitrogens with zero attached hydrogens (tertiary/aromatic N) is 1. The number of carbonyl (C=O) groups excluding carboxylic acids is 2. The van der Waals surface area contributed by atoms with Crippen LogP contribution in [-0.4, -0.2) is 25.7 Å². The largest absolute Gasteiger partial charge is 0.496 e. The Morgan fingerprint density at radius 3 is 2.47 bits per heavy atom.